The fourth-order valence-electron chi connectivity index (χ4n) is 4.11. The topological polar surface area (TPSA) is 75.8 Å². The Balaban J connectivity index is 1.56. The van der Waals surface area contributed by atoms with E-state index in [1.54, 1.807) is 4.52 Å². The number of aryl methyl sites for hydroxylation is 1. The summed E-state index contributed by atoms with van der Waals surface area (Å²) in [6.07, 6.45) is 4.17. The van der Waals surface area contributed by atoms with Gasteiger partial charge in [0.25, 0.3) is 5.78 Å². The predicted octanol–water partition coefficient (Wildman–Crippen LogP) is 1.19. The Morgan fingerprint density at radius 1 is 1.39 bits per heavy atom. The Hall–Kier alpha value is -1.73. The largest absolute Gasteiger partial charge is 0.392 e. The molecular formula is C16H23N5O2. The van der Waals surface area contributed by atoms with Crippen LogP contribution in [-0.2, 0) is 4.74 Å². The Morgan fingerprint density at radius 2 is 2.17 bits per heavy atom. The summed E-state index contributed by atoms with van der Waals surface area (Å²) in [7, 11) is 0. The van der Waals surface area contributed by atoms with Crippen LogP contribution in [0.15, 0.2) is 12.4 Å². The summed E-state index contributed by atoms with van der Waals surface area (Å²) in [4.78, 5) is 10.9. The highest BCUT2D eigenvalue weighted by Crippen LogP contribution is 2.51. The van der Waals surface area contributed by atoms with Crippen LogP contribution in [0.25, 0.3) is 5.78 Å². The van der Waals surface area contributed by atoms with Crippen molar-refractivity contribution in [1.29, 1.82) is 0 Å². The third kappa shape index (κ3) is 2.21. The van der Waals surface area contributed by atoms with Gasteiger partial charge in [0.1, 0.15) is 12.1 Å². The number of anilines is 1. The highest BCUT2D eigenvalue weighted by atomic mass is 16.5. The first-order valence-electron chi connectivity index (χ1n) is 8.36. The quantitative estimate of drug-likeness (QED) is 0.916. The Morgan fingerprint density at radius 3 is 2.87 bits per heavy atom. The maximum Gasteiger partial charge on any atom is 0.254 e. The molecule has 2 fully saturated rings. The van der Waals surface area contributed by atoms with Gasteiger partial charge in [0.15, 0.2) is 0 Å². The van der Waals surface area contributed by atoms with Crippen LogP contribution >= 0.6 is 0 Å². The number of fused-ring (bicyclic) bond motifs is 1. The molecule has 7 nitrogen and oxygen atoms in total. The van der Waals surface area contributed by atoms with Crippen LogP contribution in [0.4, 0.5) is 5.82 Å². The van der Waals surface area contributed by atoms with Crippen molar-refractivity contribution < 1.29 is 9.84 Å². The molecular weight excluding hydrogens is 294 g/mol. The number of piperidine rings is 1. The Labute approximate surface area is 135 Å². The SMILES string of the molecule is CCOC1CC(O)C12CCN(c1cc(C)nc3ncnn13)CC2. The Bertz CT molecular complexity index is 706. The number of ether oxygens (including phenoxy) is 1. The molecule has 2 aromatic heterocycles. The predicted molar refractivity (Wildman–Crippen MR) is 85.4 cm³/mol. The maximum atomic E-state index is 10.3. The maximum absolute atomic E-state index is 10.3. The van der Waals surface area contributed by atoms with E-state index in [0.29, 0.717) is 12.4 Å². The van der Waals surface area contributed by atoms with E-state index in [1.165, 1.54) is 6.33 Å². The first kappa shape index (κ1) is 14.8. The van der Waals surface area contributed by atoms with Crippen molar-refractivity contribution in [2.75, 3.05) is 24.6 Å². The van der Waals surface area contributed by atoms with Crippen molar-refractivity contribution in [3.05, 3.63) is 18.1 Å². The molecule has 124 valence electrons. The van der Waals surface area contributed by atoms with E-state index < -0.39 is 0 Å². The minimum absolute atomic E-state index is 0.0595. The van der Waals surface area contributed by atoms with E-state index in [4.69, 9.17) is 4.74 Å². The summed E-state index contributed by atoms with van der Waals surface area (Å²) in [6, 6.07) is 2.05. The zero-order chi connectivity index (χ0) is 16.0. The molecule has 0 radical (unpaired) electrons. The molecule has 0 amide bonds. The number of aliphatic hydroxyl groups is 1. The molecule has 2 atom stereocenters. The van der Waals surface area contributed by atoms with Crippen LogP contribution in [0.5, 0.6) is 0 Å². The lowest BCUT2D eigenvalue weighted by molar-refractivity contribution is -0.199. The lowest BCUT2D eigenvalue weighted by atomic mass is 9.58. The van der Waals surface area contributed by atoms with Crippen LogP contribution in [-0.4, -0.2) is 56.6 Å². The summed E-state index contributed by atoms with van der Waals surface area (Å²) in [5, 5.41) is 14.6. The van der Waals surface area contributed by atoms with E-state index in [2.05, 4.69) is 26.0 Å². The average Bonchev–Trinajstić information content (AvgIpc) is 3.02. The van der Waals surface area contributed by atoms with E-state index in [-0.39, 0.29) is 17.6 Å². The van der Waals surface area contributed by atoms with Crippen LogP contribution in [0.1, 0.15) is 31.9 Å². The number of hydrogen-bond donors (Lipinski definition) is 1. The molecule has 1 spiro atoms. The normalized spacial score (nSPS) is 26.7. The number of nitrogens with zero attached hydrogens (tertiary/aromatic N) is 5. The molecule has 0 aromatic carbocycles. The molecule has 1 saturated carbocycles. The monoisotopic (exact) mass is 317 g/mol. The molecule has 3 heterocycles. The van der Waals surface area contributed by atoms with Gasteiger partial charge in [-0.1, -0.05) is 0 Å². The van der Waals surface area contributed by atoms with Crippen LogP contribution < -0.4 is 4.90 Å². The zero-order valence-electron chi connectivity index (χ0n) is 13.6. The van der Waals surface area contributed by atoms with Crippen LogP contribution in [0.3, 0.4) is 0 Å². The molecule has 23 heavy (non-hydrogen) atoms. The van der Waals surface area contributed by atoms with E-state index >= 15 is 0 Å². The molecule has 4 rings (SSSR count). The summed E-state index contributed by atoms with van der Waals surface area (Å²) >= 11 is 0. The molecule has 2 unspecified atom stereocenters. The first-order chi connectivity index (χ1) is 11.1. The summed E-state index contributed by atoms with van der Waals surface area (Å²) in [5.41, 5.74) is 0.882. The van der Waals surface area contributed by atoms with Crippen molar-refractivity contribution >= 4 is 11.6 Å². The molecule has 1 aliphatic heterocycles. The van der Waals surface area contributed by atoms with Crippen LogP contribution in [0.2, 0.25) is 0 Å². The smallest absolute Gasteiger partial charge is 0.254 e. The molecule has 1 aliphatic carbocycles. The standard InChI is InChI=1S/C16H23N5O2/c1-3-23-13-9-12(22)16(13)4-6-20(7-5-16)14-8-11(2)19-15-17-10-18-21(14)15/h8,10,12-13,22H,3-7,9H2,1-2H3. The zero-order valence-corrected chi connectivity index (χ0v) is 13.6. The molecule has 2 aliphatic rings. The van der Waals surface area contributed by atoms with E-state index in [9.17, 15) is 5.11 Å². The first-order valence-corrected chi connectivity index (χ1v) is 8.36. The van der Waals surface area contributed by atoms with Crippen molar-refractivity contribution in [3.8, 4) is 0 Å². The molecule has 1 saturated heterocycles. The third-order valence-corrected chi connectivity index (χ3v) is 5.49. The fraction of sp³-hybridized carbons (Fsp3) is 0.688. The molecule has 7 heteroatoms. The average molecular weight is 317 g/mol. The summed E-state index contributed by atoms with van der Waals surface area (Å²) in [5.74, 6) is 1.66. The van der Waals surface area contributed by atoms with Gasteiger partial charge in [-0.15, -0.1) is 0 Å². The van der Waals surface area contributed by atoms with Gasteiger partial charge >= 0.3 is 0 Å². The van der Waals surface area contributed by atoms with Crippen molar-refractivity contribution in [2.24, 2.45) is 5.41 Å². The van der Waals surface area contributed by atoms with Gasteiger partial charge in [0, 0.05) is 43.3 Å². The lowest BCUT2D eigenvalue weighted by Crippen LogP contribution is -2.62. The third-order valence-electron chi connectivity index (χ3n) is 5.49. The molecule has 0 bridgehead atoms. The number of aliphatic hydroxyl groups excluding tert-OH is 1. The van der Waals surface area contributed by atoms with Gasteiger partial charge in [-0.05, 0) is 26.7 Å². The van der Waals surface area contributed by atoms with Crippen molar-refractivity contribution in [1.82, 2.24) is 19.6 Å². The lowest BCUT2D eigenvalue weighted by Gasteiger charge is -2.56. The Kier molecular flexibility index (Phi) is 3.50. The number of aromatic nitrogens is 4. The van der Waals surface area contributed by atoms with Gasteiger partial charge in [-0.3, -0.25) is 0 Å². The van der Waals surface area contributed by atoms with Gasteiger partial charge in [-0.25, -0.2) is 4.98 Å². The van der Waals surface area contributed by atoms with Crippen molar-refractivity contribution in [2.45, 2.75) is 45.3 Å². The van der Waals surface area contributed by atoms with Gasteiger partial charge in [-0.2, -0.15) is 14.6 Å². The highest BCUT2D eigenvalue weighted by Gasteiger charge is 2.56. The number of rotatable bonds is 3. The summed E-state index contributed by atoms with van der Waals surface area (Å²) in [6.45, 7) is 6.49. The van der Waals surface area contributed by atoms with E-state index in [0.717, 1.165) is 43.9 Å². The van der Waals surface area contributed by atoms with Crippen molar-refractivity contribution in [3.63, 3.8) is 0 Å². The van der Waals surface area contributed by atoms with E-state index in [1.807, 2.05) is 13.8 Å². The summed E-state index contributed by atoms with van der Waals surface area (Å²) < 4.78 is 7.64. The molecule has 2 aromatic rings. The minimum atomic E-state index is -0.230. The second kappa shape index (κ2) is 5.42. The molecule has 1 N–H and O–H groups in total. The minimum Gasteiger partial charge on any atom is -0.392 e. The second-order valence-electron chi connectivity index (χ2n) is 6.64. The highest BCUT2D eigenvalue weighted by molar-refractivity contribution is 5.47. The second-order valence-corrected chi connectivity index (χ2v) is 6.64. The van der Waals surface area contributed by atoms with Crippen LogP contribution in [0, 0.1) is 12.3 Å². The fourth-order valence-corrected chi connectivity index (χ4v) is 4.11. The van der Waals surface area contributed by atoms with Gasteiger partial charge in [0.2, 0.25) is 0 Å². The number of hydrogen-bond acceptors (Lipinski definition) is 6. The van der Waals surface area contributed by atoms with Gasteiger partial charge < -0.3 is 14.7 Å². The van der Waals surface area contributed by atoms with Gasteiger partial charge in [0.05, 0.1) is 12.2 Å².